The number of nitrogens with zero attached hydrogens (tertiary/aromatic N) is 1. The molecule has 0 unspecified atom stereocenters. The molecule has 0 atom stereocenters. The maximum absolute atomic E-state index is 14.2. The average Bonchev–Trinajstić information content (AvgIpc) is 3.54. The lowest BCUT2D eigenvalue weighted by Gasteiger charge is -2.27. The molecule has 2 heterocycles. The van der Waals surface area contributed by atoms with Gasteiger partial charge in [0.15, 0.2) is 5.75 Å². The number of amides is 2. The number of hydrogen-bond donors (Lipinski definition) is 1. The number of rotatable bonds is 7. The molecule has 214 valence electrons. The van der Waals surface area contributed by atoms with Crippen LogP contribution >= 0.6 is 0 Å². The number of ether oxygens (including phenoxy) is 2. The number of hydrogen-bond acceptors (Lipinski definition) is 7. The maximum Gasteiger partial charge on any atom is 0.534 e. The van der Waals surface area contributed by atoms with Crippen LogP contribution in [-0.2, 0) is 41.5 Å². The highest BCUT2D eigenvalue weighted by Gasteiger charge is 2.53. The molecule has 3 aromatic rings. The molecule has 0 saturated carbocycles. The van der Waals surface area contributed by atoms with Gasteiger partial charge >= 0.3 is 15.6 Å². The predicted octanol–water partition coefficient (Wildman–Crippen LogP) is 4.70. The van der Waals surface area contributed by atoms with E-state index >= 15 is 0 Å². The van der Waals surface area contributed by atoms with Gasteiger partial charge in [-0.2, -0.15) is 21.6 Å². The topological polar surface area (TPSA) is 111 Å². The first-order valence-electron chi connectivity index (χ1n) is 12.3. The van der Waals surface area contributed by atoms with Crippen molar-refractivity contribution in [1.82, 2.24) is 0 Å². The first-order valence-corrected chi connectivity index (χ1v) is 13.7. The molecule has 41 heavy (non-hydrogen) atoms. The summed E-state index contributed by atoms with van der Waals surface area (Å²) < 4.78 is 79.1. The van der Waals surface area contributed by atoms with Crippen LogP contribution < -0.4 is 14.4 Å². The Balaban J connectivity index is 1.60. The molecule has 1 saturated heterocycles. The summed E-state index contributed by atoms with van der Waals surface area (Å²) in [5.74, 6) is -3.60. The van der Waals surface area contributed by atoms with Gasteiger partial charge in [-0.25, -0.2) is 0 Å². The summed E-state index contributed by atoms with van der Waals surface area (Å²) in [5.41, 5.74) is -4.28. The molecule has 13 heteroatoms. The molecule has 0 aliphatic carbocycles. The molecular weight excluding hydrogens is 565 g/mol. The van der Waals surface area contributed by atoms with Crippen molar-refractivity contribution in [2.24, 2.45) is 0 Å². The first kappa shape index (κ1) is 28.3. The number of allylic oxidation sites excluding steroid dienone is 1. The van der Waals surface area contributed by atoms with E-state index in [0.29, 0.717) is 16.7 Å². The molecule has 0 bridgehead atoms. The van der Waals surface area contributed by atoms with Crippen LogP contribution in [0, 0.1) is 0 Å². The Labute approximate surface area is 233 Å². The van der Waals surface area contributed by atoms with E-state index in [9.17, 15) is 31.2 Å². The molecule has 2 aliphatic heterocycles. The molecule has 1 fully saturated rings. The van der Waals surface area contributed by atoms with Crippen LogP contribution in [0.2, 0.25) is 0 Å². The second-order valence-corrected chi connectivity index (χ2v) is 10.6. The van der Waals surface area contributed by atoms with Crippen molar-refractivity contribution in [2.75, 3.05) is 23.4 Å². The van der Waals surface area contributed by atoms with Crippen LogP contribution in [0.25, 0.3) is 5.57 Å². The SMILES string of the molecule is C/C=C(\C(=O)N(Cc1ccccc1)c1ccccc1OS(=O)(=O)C(F)(F)F)c1cccc2c1NC(=O)C21OCCO1. The zero-order valence-corrected chi connectivity index (χ0v) is 22.3. The highest BCUT2D eigenvalue weighted by molar-refractivity contribution is 7.88. The maximum atomic E-state index is 14.2. The van der Waals surface area contributed by atoms with Gasteiger partial charge in [0.2, 0.25) is 0 Å². The van der Waals surface area contributed by atoms with E-state index < -0.39 is 39.0 Å². The van der Waals surface area contributed by atoms with Crippen molar-refractivity contribution in [1.29, 1.82) is 0 Å². The van der Waals surface area contributed by atoms with Crippen LogP contribution in [-0.4, -0.2) is 39.0 Å². The summed E-state index contributed by atoms with van der Waals surface area (Å²) in [6, 6.07) is 18.4. The molecule has 3 aromatic carbocycles. The number of halogens is 3. The number of anilines is 2. The smallest absolute Gasteiger partial charge is 0.374 e. The lowest BCUT2D eigenvalue weighted by molar-refractivity contribution is -0.178. The Morgan fingerprint density at radius 1 is 1.02 bits per heavy atom. The van der Waals surface area contributed by atoms with Gasteiger partial charge in [-0.3, -0.25) is 9.59 Å². The van der Waals surface area contributed by atoms with Crippen LogP contribution in [0.3, 0.4) is 0 Å². The average molecular weight is 589 g/mol. The number of alkyl halides is 3. The quantitative estimate of drug-likeness (QED) is 0.242. The normalized spacial score (nSPS) is 16.4. The van der Waals surface area contributed by atoms with Gasteiger partial charge in [-0.15, -0.1) is 0 Å². The van der Waals surface area contributed by atoms with Crippen molar-refractivity contribution in [2.45, 2.75) is 24.8 Å². The number of carbonyl (C=O) groups excluding carboxylic acids is 2. The number of nitrogens with one attached hydrogen (secondary N) is 1. The van der Waals surface area contributed by atoms with E-state index in [-0.39, 0.29) is 36.7 Å². The first-order chi connectivity index (χ1) is 19.5. The van der Waals surface area contributed by atoms with Crippen LogP contribution in [0.5, 0.6) is 5.75 Å². The van der Waals surface area contributed by atoms with Crippen molar-refractivity contribution in [3.63, 3.8) is 0 Å². The second-order valence-electron chi connectivity index (χ2n) is 9.03. The Bertz CT molecular complexity index is 1630. The van der Waals surface area contributed by atoms with Crippen molar-refractivity contribution in [3.8, 4) is 5.75 Å². The van der Waals surface area contributed by atoms with Crippen LogP contribution in [0.4, 0.5) is 24.5 Å². The standard InChI is InChI=1S/C28H23F3N2O7S/c1-2-19(20-11-8-12-21-24(20)32-26(35)27(21)38-15-16-39-27)25(34)33(17-18-9-4-3-5-10-18)22-13-6-7-14-23(22)40-41(36,37)28(29,30)31/h2-14H,15-17H2,1H3,(H,32,35)/b19-2-. The Kier molecular flexibility index (Phi) is 7.36. The van der Waals surface area contributed by atoms with E-state index in [2.05, 4.69) is 9.50 Å². The fourth-order valence-electron chi connectivity index (χ4n) is 4.69. The van der Waals surface area contributed by atoms with Gasteiger partial charge in [0, 0.05) is 16.7 Å². The Morgan fingerprint density at radius 2 is 1.68 bits per heavy atom. The minimum Gasteiger partial charge on any atom is -0.374 e. The largest absolute Gasteiger partial charge is 0.534 e. The highest BCUT2D eigenvalue weighted by atomic mass is 32.2. The van der Waals surface area contributed by atoms with E-state index in [1.54, 1.807) is 55.5 Å². The predicted molar refractivity (Wildman–Crippen MR) is 142 cm³/mol. The summed E-state index contributed by atoms with van der Waals surface area (Å²) in [6.07, 6.45) is 1.49. The van der Waals surface area contributed by atoms with E-state index in [1.807, 2.05) is 0 Å². The Hall–Kier alpha value is -4.20. The van der Waals surface area contributed by atoms with E-state index in [1.165, 1.54) is 24.3 Å². The van der Waals surface area contributed by atoms with Gasteiger partial charge in [0.05, 0.1) is 31.1 Å². The molecule has 5 rings (SSSR count). The zero-order chi connectivity index (χ0) is 29.4. The third-order valence-electron chi connectivity index (χ3n) is 6.53. The summed E-state index contributed by atoms with van der Waals surface area (Å²) in [4.78, 5) is 28.3. The highest BCUT2D eigenvalue weighted by Crippen LogP contribution is 2.46. The molecule has 1 spiro atoms. The second kappa shape index (κ2) is 10.7. The van der Waals surface area contributed by atoms with Gasteiger partial charge < -0.3 is 23.9 Å². The fourth-order valence-corrected chi connectivity index (χ4v) is 5.16. The van der Waals surface area contributed by atoms with Gasteiger partial charge in [-0.05, 0) is 24.6 Å². The van der Waals surface area contributed by atoms with Crippen molar-refractivity contribution < 1.29 is 44.8 Å². The van der Waals surface area contributed by atoms with E-state index in [0.717, 1.165) is 11.0 Å². The molecule has 2 aliphatic rings. The van der Waals surface area contributed by atoms with Crippen molar-refractivity contribution in [3.05, 3.63) is 95.6 Å². The Morgan fingerprint density at radius 3 is 2.34 bits per heavy atom. The third kappa shape index (κ3) is 5.07. The number of benzene rings is 3. The monoisotopic (exact) mass is 588 g/mol. The summed E-state index contributed by atoms with van der Waals surface area (Å²) in [7, 11) is -6.04. The molecule has 0 radical (unpaired) electrons. The molecule has 1 N–H and O–H groups in total. The number of fused-ring (bicyclic) bond motifs is 2. The lowest BCUT2D eigenvalue weighted by Crippen LogP contribution is -2.35. The minimum absolute atomic E-state index is 0.0709. The summed E-state index contributed by atoms with van der Waals surface area (Å²) >= 11 is 0. The number of para-hydroxylation sites is 3. The van der Waals surface area contributed by atoms with Crippen LogP contribution in [0.15, 0.2) is 78.9 Å². The molecular formula is C28H23F3N2O7S. The van der Waals surface area contributed by atoms with Gasteiger partial charge in [0.1, 0.15) is 0 Å². The summed E-state index contributed by atoms with van der Waals surface area (Å²) in [5, 5.41) is 2.73. The van der Waals surface area contributed by atoms with Gasteiger partial charge in [0.25, 0.3) is 17.6 Å². The minimum atomic E-state index is -6.04. The zero-order valence-electron chi connectivity index (χ0n) is 21.5. The lowest BCUT2D eigenvalue weighted by atomic mass is 9.97. The summed E-state index contributed by atoms with van der Waals surface area (Å²) in [6.45, 7) is 1.81. The number of carbonyl (C=O) groups is 2. The fraction of sp³-hybridized carbons (Fsp3) is 0.214. The molecule has 0 aromatic heterocycles. The van der Waals surface area contributed by atoms with Crippen LogP contribution in [0.1, 0.15) is 23.6 Å². The molecule has 9 nitrogen and oxygen atoms in total. The van der Waals surface area contributed by atoms with Crippen molar-refractivity contribution >= 4 is 38.9 Å². The third-order valence-corrected chi connectivity index (χ3v) is 7.49. The van der Waals surface area contributed by atoms with Gasteiger partial charge in [-0.1, -0.05) is 66.7 Å². The molecule has 2 amide bonds. The van der Waals surface area contributed by atoms with E-state index in [4.69, 9.17) is 9.47 Å².